The van der Waals surface area contributed by atoms with Gasteiger partial charge in [-0.2, -0.15) is 0 Å². The number of allylic oxidation sites excluding steroid dienone is 1. The number of aromatic nitrogens is 1. The summed E-state index contributed by atoms with van der Waals surface area (Å²) in [4.78, 5) is 46.6. The van der Waals surface area contributed by atoms with Crippen LogP contribution in [0.15, 0.2) is 57.5 Å². The van der Waals surface area contributed by atoms with Gasteiger partial charge in [0.25, 0.3) is 11.5 Å². The molecular weight excluding hydrogens is 606 g/mol. The Morgan fingerprint density at radius 2 is 1.80 bits per heavy atom. The molecule has 10 nitrogen and oxygen atoms in total. The molecule has 3 heterocycles. The zero-order valence-corrected chi connectivity index (χ0v) is 26.6. The van der Waals surface area contributed by atoms with Gasteiger partial charge in [-0.05, 0) is 75.6 Å². The molecule has 0 saturated carbocycles. The van der Waals surface area contributed by atoms with E-state index in [2.05, 4.69) is 4.99 Å². The van der Waals surface area contributed by atoms with Crippen LogP contribution in [-0.4, -0.2) is 61.4 Å². The molecule has 0 bridgehead atoms. The molecule has 0 N–H and O–H groups in total. The highest BCUT2D eigenvalue weighted by Crippen LogP contribution is 2.37. The molecule has 0 spiro atoms. The van der Waals surface area contributed by atoms with Crippen molar-refractivity contribution >= 4 is 40.9 Å². The van der Waals surface area contributed by atoms with Gasteiger partial charge in [0, 0.05) is 23.7 Å². The highest BCUT2D eigenvalue weighted by molar-refractivity contribution is 7.07. The second kappa shape index (κ2) is 13.7. The van der Waals surface area contributed by atoms with Crippen LogP contribution in [0.25, 0.3) is 6.08 Å². The minimum Gasteiger partial charge on any atom is -0.496 e. The van der Waals surface area contributed by atoms with Crippen molar-refractivity contribution in [2.45, 2.75) is 39.7 Å². The lowest BCUT2D eigenvalue weighted by atomic mass is 9.95. The predicted molar refractivity (Wildman–Crippen MR) is 167 cm³/mol. The molecule has 5 rings (SSSR count). The number of likely N-dealkylation sites (tertiary alicyclic amines) is 1. The predicted octanol–water partition coefficient (Wildman–Crippen LogP) is 3.86. The van der Waals surface area contributed by atoms with Crippen LogP contribution in [0.5, 0.6) is 17.2 Å². The van der Waals surface area contributed by atoms with Crippen LogP contribution in [0, 0.1) is 0 Å². The van der Waals surface area contributed by atoms with Crippen molar-refractivity contribution in [2.75, 3.05) is 40.0 Å². The van der Waals surface area contributed by atoms with E-state index in [4.69, 9.17) is 30.5 Å². The van der Waals surface area contributed by atoms with E-state index in [-0.39, 0.29) is 30.3 Å². The maximum Gasteiger partial charge on any atom is 0.338 e. The van der Waals surface area contributed by atoms with Crippen LogP contribution >= 0.6 is 22.9 Å². The third-order valence-electron chi connectivity index (χ3n) is 7.38. The molecule has 2 aliphatic rings. The summed E-state index contributed by atoms with van der Waals surface area (Å²) in [6, 6.07) is 9.48. The number of methoxy groups -OCH3 is 1. The van der Waals surface area contributed by atoms with Crippen molar-refractivity contribution in [3.05, 3.63) is 83.5 Å². The van der Waals surface area contributed by atoms with Crippen LogP contribution in [0.2, 0.25) is 5.02 Å². The number of rotatable bonds is 10. The van der Waals surface area contributed by atoms with Gasteiger partial charge in [-0.3, -0.25) is 14.2 Å². The molecule has 1 amide bonds. The largest absolute Gasteiger partial charge is 0.496 e. The van der Waals surface area contributed by atoms with Crippen LogP contribution in [0.3, 0.4) is 0 Å². The zero-order chi connectivity index (χ0) is 31.4. The lowest BCUT2D eigenvalue weighted by molar-refractivity contribution is -0.139. The summed E-state index contributed by atoms with van der Waals surface area (Å²) in [7, 11) is 1.52. The Morgan fingerprint density at radius 3 is 2.50 bits per heavy atom. The van der Waals surface area contributed by atoms with E-state index < -0.39 is 12.0 Å². The first kappa shape index (κ1) is 31.3. The first-order valence-corrected chi connectivity index (χ1v) is 15.7. The molecule has 2 aliphatic heterocycles. The Labute approximate surface area is 263 Å². The molecule has 0 unspecified atom stereocenters. The van der Waals surface area contributed by atoms with Gasteiger partial charge in [0.15, 0.2) is 22.9 Å². The van der Waals surface area contributed by atoms with Crippen LogP contribution in [0.4, 0.5) is 0 Å². The molecule has 12 heteroatoms. The Morgan fingerprint density at radius 1 is 1.05 bits per heavy atom. The summed E-state index contributed by atoms with van der Waals surface area (Å²) in [6.07, 6.45) is 3.75. The monoisotopic (exact) mass is 639 g/mol. The number of thiazole rings is 1. The van der Waals surface area contributed by atoms with Gasteiger partial charge >= 0.3 is 5.97 Å². The second-order valence-electron chi connectivity index (χ2n) is 10.2. The van der Waals surface area contributed by atoms with Gasteiger partial charge in [0.05, 0.1) is 36.1 Å². The molecule has 0 aliphatic carbocycles. The van der Waals surface area contributed by atoms with Gasteiger partial charge < -0.3 is 23.8 Å². The number of carbonyl (C=O) groups is 2. The number of hydrogen-bond donors (Lipinski definition) is 0. The summed E-state index contributed by atoms with van der Waals surface area (Å²) in [6.45, 7) is 7.27. The molecule has 232 valence electrons. The van der Waals surface area contributed by atoms with E-state index in [0.717, 1.165) is 25.9 Å². The first-order chi connectivity index (χ1) is 21.2. The summed E-state index contributed by atoms with van der Waals surface area (Å²) in [5, 5.41) is 0.425. The highest BCUT2D eigenvalue weighted by Gasteiger charge is 2.35. The van der Waals surface area contributed by atoms with Crippen molar-refractivity contribution in [1.82, 2.24) is 9.47 Å². The molecule has 1 aromatic heterocycles. The van der Waals surface area contributed by atoms with Gasteiger partial charge in [-0.1, -0.05) is 29.0 Å². The first-order valence-electron chi connectivity index (χ1n) is 14.5. The van der Waals surface area contributed by atoms with Crippen LogP contribution in [-0.2, 0) is 14.3 Å². The van der Waals surface area contributed by atoms with Crippen molar-refractivity contribution in [3.63, 3.8) is 0 Å². The average molecular weight is 640 g/mol. The van der Waals surface area contributed by atoms with E-state index in [1.54, 1.807) is 61.2 Å². The third-order valence-corrected chi connectivity index (χ3v) is 8.60. The third kappa shape index (κ3) is 6.39. The molecule has 3 aromatic rings. The SMILES string of the molecule is CCOC(=O)C1=C(C)N=c2s/c(=C\c3ccc(OCC(=O)N4CCCC4)c(OCC)c3)c(=O)n2[C@H]1c1cc(Cl)ccc1OC. The Hall–Kier alpha value is -4.09. The summed E-state index contributed by atoms with van der Waals surface area (Å²) in [5.74, 6) is 0.741. The molecular formula is C32H34ClN3O7S. The van der Waals surface area contributed by atoms with Crippen LogP contribution < -0.4 is 29.1 Å². The minimum absolute atomic E-state index is 0.0569. The zero-order valence-electron chi connectivity index (χ0n) is 25.1. The fourth-order valence-corrected chi connectivity index (χ4v) is 6.58. The Kier molecular flexibility index (Phi) is 9.75. The number of benzene rings is 2. The van der Waals surface area contributed by atoms with Gasteiger partial charge in [0.1, 0.15) is 11.8 Å². The number of fused-ring (bicyclic) bond motifs is 1. The number of carbonyl (C=O) groups excluding carboxylic acids is 2. The number of halogens is 1. The highest BCUT2D eigenvalue weighted by atomic mass is 35.5. The maximum absolute atomic E-state index is 14.0. The summed E-state index contributed by atoms with van der Waals surface area (Å²) in [5.41, 5.74) is 1.55. The van der Waals surface area contributed by atoms with Gasteiger partial charge in [-0.15, -0.1) is 0 Å². The van der Waals surface area contributed by atoms with Crippen molar-refractivity contribution in [2.24, 2.45) is 4.99 Å². The van der Waals surface area contributed by atoms with Gasteiger partial charge in [0.2, 0.25) is 0 Å². The number of ether oxygens (including phenoxy) is 4. The normalized spacial score (nSPS) is 16.4. The molecule has 2 aromatic carbocycles. The molecule has 1 fully saturated rings. The molecule has 0 radical (unpaired) electrons. The lowest BCUT2D eigenvalue weighted by Gasteiger charge is -2.26. The summed E-state index contributed by atoms with van der Waals surface area (Å²) >= 11 is 7.58. The topological polar surface area (TPSA) is 109 Å². The number of esters is 1. The average Bonchev–Trinajstić information content (AvgIpc) is 3.65. The smallest absolute Gasteiger partial charge is 0.338 e. The van der Waals surface area contributed by atoms with Crippen molar-refractivity contribution < 1.29 is 28.5 Å². The van der Waals surface area contributed by atoms with Gasteiger partial charge in [-0.25, -0.2) is 9.79 Å². The fraction of sp³-hybridized carbons (Fsp3) is 0.375. The molecule has 1 atom stereocenters. The van der Waals surface area contributed by atoms with E-state index in [1.165, 1.54) is 23.0 Å². The Bertz CT molecular complexity index is 1790. The van der Waals surface area contributed by atoms with Crippen molar-refractivity contribution in [1.29, 1.82) is 0 Å². The quantitative estimate of drug-likeness (QED) is 0.310. The number of nitrogens with zero attached hydrogens (tertiary/aromatic N) is 3. The second-order valence-corrected chi connectivity index (χ2v) is 11.6. The fourth-order valence-electron chi connectivity index (χ4n) is 5.36. The number of hydrogen-bond acceptors (Lipinski definition) is 9. The summed E-state index contributed by atoms with van der Waals surface area (Å²) < 4.78 is 24.5. The van der Waals surface area contributed by atoms with Crippen LogP contribution in [0.1, 0.15) is 50.8 Å². The minimum atomic E-state index is -0.871. The van der Waals surface area contributed by atoms with E-state index >= 15 is 0 Å². The lowest BCUT2D eigenvalue weighted by Crippen LogP contribution is -2.40. The van der Waals surface area contributed by atoms with E-state index in [0.29, 0.717) is 55.0 Å². The van der Waals surface area contributed by atoms with E-state index in [9.17, 15) is 14.4 Å². The van der Waals surface area contributed by atoms with E-state index in [1.807, 2.05) is 6.92 Å². The number of amides is 1. The molecule has 1 saturated heterocycles. The maximum atomic E-state index is 14.0. The standard InChI is InChI=1S/C32H34ClN3O7S/c1-5-41-25-15-20(9-11-24(25)43-18-27(37)35-13-7-8-14-35)16-26-30(38)36-29(22-17-21(33)10-12-23(22)40-4)28(31(39)42-6-2)19(3)34-32(36)44-26/h9-12,15-17,29H,5-8,13-14,18H2,1-4H3/b26-16-/t29-/m0/s1. The molecule has 44 heavy (non-hydrogen) atoms. The van der Waals surface area contributed by atoms with Crippen molar-refractivity contribution in [3.8, 4) is 17.2 Å². The Balaban J connectivity index is 1.56.